The molecule has 35 heavy (non-hydrogen) atoms. The maximum Gasteiger partial charge on any atom is 0.243 e. The van der Waals surface area contributed by atoms with Crippen LogP contribution in [-0.4, -0.2) is 29.3 Å². The SMILES string of the molecule is CCCNC(=O)C(Cc1ccccc1)N(Cc1ccccc1)C(=O)CCc1ccc(C(C)C)cc1. The molecular formula is C31H38N2O2. The van der Waals surface area contributed by atoms with Gasteiger partial charge in [-0.2, -0.15) is 0 Å². The maximum atomic E-state index is 13.7. The summed E-state index contributed by atoms with van der Waals surface area (Å²) in [5.41, 5.74) is 4.49. The van der Waals surface area contributed by atoms with Crippen LogP contribution in [0.3, 0.4) is 0 Å². The largest absolute Gasteiger partial charge is 0.354 e. The van der Waals surface area contributed by atoms with E-state index in [1.54, 1.807) is 4.90 Å². The molecule has 0 saturated heterocycles. The van der Waals surface area contributed by atoms with Crippen molar-refractivity contribution in [2.45, 2.75) is 65.0 Å². The lowest BCUT2D eigenvalue weighted by atomic mass is 9.99. The monoisotopic (exact) mass is 470 g/mol. The minimum atomic E-state index is -0.569. The fraction of sp³-hybridized carbons (Fsp3) is 0.355. The van der Waals surface area contributed by atoms with Gasteiger partial charge in [-0.25, -0.2) is 0 Å². The van der Waals surface area contributed by atoms with Gasteiger partial charge >= 0.3 is 0 Å². The minimum absolute atomic E-state index is 0.00521. The van der Waals surface area contributed by atoms with Gasteiger partial charge in [-0.3, -0.25) is 9.59 Å². The van der Waals surface area contributed by atoms with Gasteiger partial charge in [0.15, 0.2) is 0 Å². The molecule has 184 valence electrons. The molecular weight excluding hydrogens is 432 g/mol. The van der Waals surface area contributed by atoms with Crippen molar-refractivity contribution in [1.29, 1.82) is 0 Å². The molecule has 0 aliphatic heterocycles. The number of rotatable bonds is 12. The van der Waals surface area contributed by atoms with Crippen LogP contribution < -0.4 is 5.32 Å². The molecule has 3 rings (SSSR count). The maximum absolute atomic E-state index is 13.7. The summed E-state index contributed by atoms with van der Waals surface area (Å²) in [6, 6.07) is 27.8. The van der Waals surface area contributed by atoms with E-state index in [1.807, 2.05) is 67.6 Å². The Kier molecular flexibility index (Phi) is 10.1. The zero-order valence-electron chi connectivity index (χ0n) is 21.2. The summed E-state index contributed by atoms with van der Waals surface area (Å²) in [6.45, 7) is 7.39. The lowest BCUT2D eigenvalue weighted by Crippen LogP contribution is -2.50. The van der Waals surface area contributed by atoms with Gasteiger partial charge in [0.1, 0.15) is 6.04 Å². The van der Waals surface area contributed by atoms with Crippen molar-refractivity contribution in [3.63, 3.8) is 0 Å². The number of benzene rings is 3. The molecule has 1 unspecified atom stereocenters. The second-order valence-corrected chi connectivity index (χ2v) is 9.40. The Morgan fingerprint density at radius 3 is 1.97 bits per heavy atom. The number of amides is 2. The summed E-state index contributed by atoms with van der Waals surface area (Å²) in [5, 5.41) is 3.03. The van der Waals surface area contributed by atoms with Crippen molar-refractivity contribution in [3.8, 4) is 0 Å². The van der Waals surface area contributed by atoms with E-state index < -0.39 is 6.04 Å². The molecule has 4 nitrogen and oxygen atoms in total. The smallest absolute Gasteiger partial charge is 0.243 e. The predicted molar refractivity (Wildman–Crippen MR) is 143 cm³/mol. The molecule has 3 aromatic rings. The van der Waals surface area contributed by atoms with E-state index >= 15 is 0 Å². The number of carbonyl (C=O) groups is 2. The van der Waals surface area contributed by atoms with Crippen LogP contribution in [0.2, 0.25) is 0 Å². The summed E-state index contributed by atoms with van der Waals surface area (Å²) in [5.74, 6) is 0.378. The lowest BCUT2D eigenvalue weighted by Gasteiger charge is -2.31. The van der Waals surface area contributed by atoms with E-state index in [2.05, 4.69) is 43.4 Å². The lowest BCUT2D eigenvalue weighted by molar-refractivity contribution is -0.141. The van der Waals surface area contributed by atoms with E-state index in [4.69, 9.17) is 0 Å². The molecule has 4 heteroatoms. The third kappa shape index (κ3) is 8.10. The highest BCUT2D eigenvalue weighted by atomic mass is 16.2. The van der Waals surface area contributed by atoms with Crippen LogP contribution in [0.15, 0.2) is 84.9 Å². The second kappa shape index (κ2) is 13.5. The highest BCUT2D eigenvalue weighted by Gasteiger charge is 2.30. The molecule has 3 aromatic carbocycles. The third-order valence-electron chi connectivity index (χ3n) is 6.29. The summed E-state index contributed by atoms with van der Waals surface area (Å²) < 4.78 is 0. The van der Waals surface area contributed by atoms with Crippen LogP contribution in [0.4, 0.5) is 0 Å². The second-order valence-electron chi connectivity index (χ2n) is 9.40. The quantitative estimate of drug-likeness (QED) is 0.358. The molecule has 0 saturated carbocycles. The van der Waals surface area contributed by atoms with Gasteiger partial charge < -0.3 is 10.2 Å². The number of nitrogens with one attached hydrogen (secondary N) is 1. The number of carbonyl (C=O) groups excluding carboxylic acids is 2. The normalized spacial score (nSPS) is 11.8. The standard InChI is InChI=1S/C31H38N2O2/c1-4-21-32-31(35)29(22-26-11-7-5-8-12-26)33(23-27-13-9-6-10-14-27)30(34)20-17-25-15-18-28(19-16-25)24(2)3/h5-16,18-19,24,29H,4,17,20-23H2,1-3H3,(H,32,35). The summed E-state index contributed by atoms with van der Waals surface area (Å²) >= 11 is 0. The van der Waals surface area contributed by atoms with E-state index in [-0.39, 0.29) is 11.8 Å². The first kappa shape index (κ1) is 26.2. The van der Waals surface area contributed by atoms with E-state index in [9.17, 15) is 9.59 Å². The fourth-order valence-corrected chi connectivity index (χ4v) is 4.16. The van der Waals surface area contributed by atoms with E-state index in [0.717, 1.165) is 23.1 Å². The van der Waals surface area contributed by atoms with Crippen LogP contribution >= 0.6 is 0 Å². The summed E-state index contributed by atoms with van der Waals surface area (Å²) in [4.78, 5) is 28.7. The molecule has 0 bridgehead atoms. The van der Waals surface area contributed by atoms with Crippen molar-refractivity contribution in [1.82, 2.24) is 10.2 Å². The minimum Gasteiger partial charge on any atom is -0.354 e. The van der Waals surface area contributed by atoms with Crippen molar-refractivity contribution in [2.24, 2.45) is 0 Å². The Hall–Kier alpha value is -3.40. The van der Waals surface area contributed by atoms with E-state index in [0.29, 0.717) is 38.3 Å². The van der Waals surface area contributed by atoms with Crippen LogP contribution in [0.25, 0.3) is 0 Å². The average molecular weight is 471 g/mol. The molecule has 1 atom stereocenters. The van der Waals surface area contributed by atoms with Crippen molar-refractivity contribution in [3.05, 3.63) is 107 Å². The van der Waals surface area contributed by atoms with Gasteiger partial charge in [0.05, 0.1) is 0 Å². The van der Waals surface area contributed by atoms with Gasteiger partial charge in [-0.15, -0.1) is 0 Å². The molecule has 0 fully saturated rings. The van der Waals surface area contributed by atoms with Crippen LogP contribution in [0.5, 0.6) is 0 Å². The number of hydrogen-bond acceptors (Lipinski definition) is 2. The molecule has 1 N–H and O–H groups in total. The van der Waals surface area contributed by atoms with Gasteiger partial charge in [0, 0.05) is 25.9 Å². The van der Waals surface area contributed by atoms with E-state index in [1.165, 1.54) is 5.56 Å². The highest BCUT2D eigenvalue weighted by molar-refractivity contribution is 5.88. The molecule has 0 aromatic heterocycles. The molecule has 0 aliphatic carbocycles. The first-order chi connectivity index (χ1) is 17.0. The molecule has 2 amide bonds. The Bertz CT molecular complexity index is 1050. The Labute approximate surface area is 210 Å². The summed E-state index contributed by atoms with van der Waals surface area (Å²) in [6.07, 6.45) is 2.35. The Balaban J connectivity index is 1.83. The van der Waals surface area contributed by atoms with Crippen molar-refractivity contribution < 1.29 is 9.59 Å². The predicted octanol–water partition coefficient (Wildman–Crippen LogP) is 5.91. The number of hydrogen-bond donors (Lipinski definition) is 1. The van der Waals surface area contributed by atoms with Crippen LogP contribution in [-0.2, 0) is 29.0 Å². The van der Waals surface area contributed by atoms with Crippen molar-refractivity contribution >= 4 is 11.8 Å². The Morgan fingerprint density at radius 2 is 1.40 bits per heavy atom. The first-order valence-electron chi connectivity index (χ1n) is 12.7. The van der Waals surface area contributed by atoms with Gasteiger partial charge in [0.25, 0.3) is 0 Å². The van der Waals surface area contributed by atoms with Gasteiger partial charge in [0.2, 0.25) is 11.8 Å². The van der Waals surface area contributed by atoms with Crippen LogP contribution in [0, 0.1) is 0 Å². The molecule has 0 aliphatic rings. The topological polar surface area (TPSA) is 49.4 Å². The summed E-state index contributed by atoms with van der Waals surface area (Å²) in [7, 11) is 0. The van der Waals surface area contributed by atoms with Gasteiger partial charge in [-0.05, 0) is 41.0 Å². The van der Waals surface area contributed by atoms with Crippen LogP contribution in [0.1, 0.15) is 61.8 Å². The van der Waals surface area contributed by atoms with Gasteiger partial charge in [-0.1, -0.05) is 106 Å². The fourth-order valence-electron chi connectivity index (χ4n) is 4.16. The molecule has 0 radical (unpaired) electrons. The number of aryl methyl sites for hydroxylation is 1. The molecule has 0 heterocycles. The number of nitrogens with zero attached hydrogens (tertiary/aromatic N) is 1. The molecule has 0 spiro atoms. The third-order valence-corrected chi connectivity index (χ3v) is 6.29. The highest BCUT2D eigenvalue weighted by Crippen LogP contribution is 2.19. The Morgan fingerprint density at radius 1 is 0.800 bits per heavy atom. The zero-order chi connectivity index (χ0) is 25.0. The zero-order valence-corrected chi connectivity index (χ0v) is 21.2. The first-order valence-corrected chi connectivity index (χ1v) is 12.7. The van der Waals surface area contributed by atoms with Crippen molar-refractivity contribution in [2.75, 3.05) is 6.54 Å². The average Bonchev–Trinajstić information content (AvgIpc) is 2.89.